The summed E-state index contributed by atoms with van der Waals surface area (Å²) in [6.07, 6.45) is 57.5. The van der Waals surface area contributed by atoms with Crippen molar-refractivity contribution < 1.29 is 28.0 Å². The normalized spacial score (nSPS) is 11.9. The SMILES string of the molecule is CCCCCCCCCCCCC(CCCCCCCCCC)CNC(=O)C(=O)c1ccco1.CCCCCCCCCCCCC(CN)CCCCCCCCCC.O=C(Cl)C(=O)c1ccco1. The molecule has 2 unspecified atom stereocenters. The summed E-state index contributed by atoms with van der Waals surface area (Å²) < 4.78 is 9.68. The van der Waals surface area contributed by atoms with E-state index in [1.165, 1.54) is 269 Å². The van der Waals surface area contributed by atoms with Crippen molar-refractivity contribution in [3.8, 4) is 0 Å². The average molecular weight is 988 g/mol. The van der Waals surface area contributed by atoms with E-state index in [0.29, 0.717) is 12.5 Å². The van der Waals surface area contributed by atoms with Gasteiger partial charge >= 0.3 is 0 Å². The fourth-order valence-corrected chi connectivity index (χ4v) is 9.14. The first kappa shape index (κ1) is 66.3. The van der Waals surface area contributed by atoms with Crippen LogP contribution in [0.2, 0.25) is 0 Å². The number of nitrogens with two attached hydrogens (primary N) is 1. The van der Waals surface area contributed by atoms with Crippen LogP contribution in [0.3, 0.4) is 0 Å². The Balaban J connectivity index is 0.00000115. The fraction of sp³-hybridized carbons (Fsp3) is 0.800. The number of carbonyl (C=O) groups excluding carboxylic acids is 4. The van der Waals surface area contributed by atoms with Crippen molar-refractivity contribution in [2.75, 3.05) is 13.1 Å². The third kappa shape index (κ3) is 42.7. The summed E-state index contributed by atoms with van der Waals surface area (Å²) >= 11 is 4.87. The number of hydrogen-bond donors (Lipinski definition) is 2. The van der Waals surface area contributed by atoms with Crippen molar-refractivity contribution in [3.63, 3.8) is 0 Å². The Morgan fingerprint density at radius 2 is 0.710 bits per heavy atom. The predicted octanol–water partition coefficient (Wildman–Crippen LogP) is 18.7. The van der Waals surface area contributed by atoms with Gasteiger partial charge in [0.05, 0.1) is 12.5 Å². The Bertz CT molecular complexity index is 1400. The summed E-state index contributed by atoms with van der Waals surface area (Å²) in [5, 5.41) is 1.85. The Labute approximate surface area is 429 Å². The molecule has 0 aliphatic carbocycles. The molecule has 2 aromatic rings. The third-order valence-electron chi connectivity index (χ3n) is 13.6. The third-order valence-corrected chi connectivity index (χ3v) is 13.8. The monoisotopic (exact) mass is 987 g/mol. The average Bonchev–Trinajstić information content (AvgIpc) is 4.11. The molecule has 2 aromatic heterocycles. The maximum Gasteiger partial charge on any atom is 0.296 e. The lowest BCUT2D eigenvalue weighted by Crippen LogP contribution is -2.34. The minimum absolute atomic E-state index is 0.0278. The molecule has 0 aliphatic heterocycles. The largest absolute Gasteiger partial charge is 0.461 e. The minimum Gasteiger partial charge on any atom is -0.461 e. The molecule has 0 radical (unpaired) electrons. The van der Waals surface area contributed by atoms with Gasteiger partial charge in [0.25, 0.3) is 22.7 Å². The van der Waals surface area contributed by atoms with Crippen LogP contribution in [0.1, 0.15) is 306 Å². The van der Waals surface area contributed by atoms with Crippen LogP contribution in [-0.4, -0.2) is 35.8 Å². The van der Waals surface area contributed by atoms with Crippen LogP contribution in [-0.2, 0) is 9.59 Å². The highest BCUT2D eigenvalue weighted by Gasteiger charge is 2.20. The molecule has 2 heterocycles. The van der Waals surface area contributed by atoms with Crippen molar-refractivity contribution in [1.82, 2.24) is 5.32 Å². The molecule has 0 saturated carbocycles. The molecule has 0 fully saturated rings. The number of furan rings is 2. The Hall–Kier alpha value is -2.71. The molecule has 9 heteroatoms. The fourth-order valence-electron chi connectivity index (χ4n) is 9.04. The lowest BCUT2D eigenvalue weighted by molar-refractivity contribution is -0.117. The summed E-state index contributed by atoms with van der Waals surface area (Å²) in [5.41, 5.74) is 5.99. The second-order valence-corrected chi connectivity index (χ2v) is 20.4. The van der Waals surface area contributed by atoms with Crippen molar-refractivity contribution in [2.24, 2.45) is 17.6 Å². The molecule has 3 N–H and O–H groups in total. The maximum atomic E-state index is 12.3. The zero-order chi connectivity index (χ0) is 50.7. The van der Waals surface area contributed by atoms with Gasteiger partial charge in [-0.3, -0.25) is 19.2 Å². The number of ketones is 2. The Morgan fingerprint density at radius 1 is 0.435 bits per heavy atom. The van der Waals surface area contributed by atoms with Gasteiger partial charge in [-0.25, -0.2) is 0 Å². The van der Waals surface area contributed by atoms with Crippen LogP contribution in [0.25, 0.3) is 0 Å². The lowest BCUT2D eigenvalue weighted by Gasteiger charge is -2.17. The summed E-state index contributed by atoms with van der Waals surface area (Å²) in [7, 11) is 0. The van der Waals surface area contributed by atoms with E-state index in [2.05, 4.69) is 37.4 Å². The topological polar surface area (TPSA) is 133 Å². The number of Topliss-reactive ketones (excluding diaryl/α,β-unsaturated/α-hetero) is 2. The zero-order valence-corrected chi connectivity index (χ0v) is 46.0. The second kappa shape index (κ2) is 51.6. The number of rotatable bonds is 47. The minimum atomic E-state index is -1.03. The highest BCUT2D eigenvalue weighted by atomic mass is 35.5. The van der Waals surface area contributed by atoms with Gasteiger partial charge in [-0.15, -0.1) is 0 Å². The molecular weight excluding hydrogens is 880 g/mol. The molecular formula is C60H107ClN2O6. The van der Waals surface area contributed by atoms with Crippen LogP contribution in [0.5, 0.6) is 0 Å². The molecule has 0 aromatic carbocycles. The number of unbranched alkanes of at least 4 members (excludes halogenated alkanes) is 32. The summed E-state index contributed by atoms with van der Waals surface area (Å²) in [5.74, 6) is -0.580. The van der Waals surface area contributed by atoms with Gasteiger partial charge in [-0.1, -0.05) is 259 Å². The molecule has 69 heavy (non-hydrogen) atoms. The van der Waals surface area contributed by atoms with Crippen LogP contribution in [0.15, 0.2) is 45.6 Å². The van der Waals surface area contributed by atoms with E-state index in [0.717, 1.165) is 25.3 Å². The molecule has 2 atom stereocenters. The number of hydrogen-bond acceptors (Lipinski definition) is 7. The van der Waals surface area contributed by atoms with Crippen LogP contribution in [0, 0.1) is 11.8 Å². The second-order valence-electron chi connectivity index (χ2n) is 20.0. The molecule has 2 rings (SSSR count). The summed E-state index contributed by atoms with van der Waals surface area (Å²) in [4.78, 5) is 45.3. The van der Waals surface area contributed by atoms with Crippen LogP contribution in [0.4, 0.5) is 0 Å². The highest BCUT2D eigenvalue weighted by Crippen LogP contribution is 2.21. The highest BCUT2D eigenvalue weighted by molar-refractivity contribution is 6.82. The number of nitrogens with one attached hydrogen (secondary N) is 1. The van der Waals surface area contributed by atoms with Crippen molar-refractivity contribution in [1.29, 1.82) is 0 Å². The first-order valence-corrected chi connectivity index (χ1v) is 29.5. The van der Waals surface area contributed by atoms with Crippen molar-refractivity contribution in [3.05, 3.63) is 48.3 Å². The molecule has 1 amide bonds. The molecule has 0 spiro atoms. The van der Waals surface area contributed by atoms with Crippen molar-refractivity contribution >= 4 is 34.3 Å². The number of carbonyl (C=O) groups is 4. The van der Waals surface area contributed by atoms with E-state index in [4.69, 9.17) is 21.8 Å². The van der Waals surface area contributed by atoms with E-state index in [1.54, 1.807) is 12.1 Å². The smallest absolute Gasteiger partial charge is 0.296 e. The van der Waals surface area contributed by atoms with E-state index in [9.17, 15) is 19.2 Å². The predicted molar refractivity (Wildman–Crippen MR) is 293 cm³/mol. The van der Waals surface area contributed by atoms with Crippen LogP contribution >= 0.6 is 11.6 Å². The van der Waals surface area contributed by atoms with Gasteiger partial charge < -0.3 is 19.9 Å². The Morgan fingerprint density at radius 3 is 0.971 bits per heavy atom. The van der Waals surface area contributed by atoms with E-state index < -0.39 is 22.7 Å². The van der Waals surface area contributed by atoms with Crippen LogP contribution < -0.4 is 11.1 Å². The molecule has 0 aliphatic rings. The van der Waals surface area contributed by atoms with Gasteiger partial charge in [0.1, 0.15) is 0 Å². The lowest BCUT2D eigenvalue weighted by atomic mass is 9.93. The van der Waals surface area contributed by atoms with Gasteiger partial charge in [0.2, 0.25) is 0 Å². The summed E-state index contributed by atoms with van der Waals surface area (Å²) in [6.45, 7) is 10.6. The quantitative estimate of drug-likeness (QED) is 0.0292. The number of halogens is 1. The Kier molecular flexibility index (Phi) is 49.6. The molecule has 400 valence electrons. The van der Waals surface area contributed by atoms with E-state index in [1.807, 2.05) is 0 Å². The van der Waals surface area contributed by atoms with E-state index in [-0.39, 0.29) is 11.5 Å². The van der Waals surface area contributed by atoms with Gasteiger partial charge in [-0.2, -0.15) is 0 Å². The van der Waals surface area contributed by atoms with Crippen molar-refractivity contribution in [2.45, 2.75) is 285 Å². The standard InChI is InChI=1S/C30H53NO3.C24H51N.C6H3ClO3/c1-3-5-7-9-11-13-14-16-18-20-23-27(22-19-17-15-12-10-8-6-4-2)26-31-30(33)29(32)28-24-21-25-34-28;1-3-5-7-9-11-13-14-16-18-20-22-24(23-25)21-19-17-15-12-10-8-6-4-2;7-6(9)5(8)4-2-1-3-10-4/h21,24-25,27H,3-20,22-23,26H2,1-2H3,(H,31,33);24H,3-23,25H2,1-2H3;1-3H. The van der Waals surface area contributed by atoms with Gasteiger partial charge in [-0.05, 0) is 79.9 Å². The molecule has 0 bridgehead atoms. The maximum absolute atomic E-state index is 12.3. The van der Waals surface area contributed by atoms with Gasteiger partial charge in [0.15, 0.2) is 11.5 Å². The number of amides is 1. The molecule has 0 saturated heterocycles. The first-order chi connectivity index (χ1) is 33.7. The zero-order valence-electron chi connectivity index (χ0n) is 45.2. The summed E-state index contributed by atoms with van der Waals surface area (Å²) in [6, 6.07) is 6.07. The molecule has 8 nitrogen and oxygen atoms in total. The first-order valence-electron chi connectivity index (χ1n) is 29.1. The van der Waals surface area contributed by atoms with Gasteiger partial charge in [0, 0.05) is 6.54 Å². The van der Waals surface area contributed by atoms with E-state index >= 15 is 0 Å².